The summed E-state index contributed by atoms with van der Waals surface area (Å²) in [6.07, 6.45) is 7.69. The maximum atomic E-state index is 12.5. The van der Waals surface area contributed by atoms with Crippen LogP contribution in [0, 0.1) is 12.8 Å². The van der Waals surface area contributed by atoms with Crippen molar-refractivity contribution in [3.63, 3.8) is 0 Å². The number of benzene rings is 1. The quantitative estimate of drug-likeness (QED) is 0.840. The predicted octanol–water partition coefficient (Wildman–Crippen LogP) is 3.38. The zero-order chi connectivity index (χ0) is 17.6. The average molecular weight is 337 g/mol. The fourth-order valence-electron chi connectivity index (χ4n) is 3.41. The van der Waals surface area contributed by atoms with E-state index in [0.717, 1.165) is 24.0 Å². The number of aromatic nitrogens is 1. The van der Waals surface area contributed by atoms with E-state index in [2.05, 4.69) is 15.6 Å². The third-order valence-electron chi connectivity index (χ3n) is 4.81. The molecule has 1 aromatic carbocycles. The van der Waals surface area contributed by atoms with Gasteiger partial charge in [0.05, 0.1) is 17.9 Å². The van der Waals surface area contributed by atoms with Gasteiger partial charge in [0.2, 0.25) is 0 Å². The molecular weight excluding hydrogens is 314 g/mol. The van der Waals surface area contributed by atoms with Gasteiger partial charge in [-0.2, -0.15) is 0 Å². The Bertz CT molecular complexity index is 740. The summed E-state index contributed by atoms with van der Waals surface area (Å²) in [5.41, 5.74) is 2.47. The minimum absolute atomic E-state index is 0.128. The van der Waals surface area contributed by atoms with Crippen LogP contribution in [0.2, 0.25) is 0 Å². The molecule has 2 aromatic rings. The van der Waals surface area contributed by atoms with Gasteiger partial charge in [0.25, 0.3) is 0 Å². The summed E-state index contributed by atoms with van der Waals surface area (Å²) in [4.78, 5) is 28.7. The molecule has 3 rings (SSSR count). The number of nitrogens with zero attached hydrogens (tertiary/aromatic N) is 1. The van der Waals surface area contributed by atoms with Crippen molar-refractivity contribution in [2.75, 3.05) is 5.32 Å². The number of carbonyl (C=O) groups excluding carboxylic acids is 2. The molecule has 1 aromatic heterocycles. The van der Waals surface area contributed by atoms with Crippen molar-refractivity contribution < 1.29 is 9.59 Å². The maximum absolute atomic E-state index is 12.5. The second kappa shape index (κ2) is 7.92. The van der Waals surface area contributed by atoms with Gasteiger partial charge in [-0.25, -0.2) is 0 Å². The van der Waals surface area contributed by atoms with Crippen LogP contribution in [0.25, 0.3) is 0 Å². The number of pyridine rings is 1. The van der Waals surface area contributed by atoms with Gasteiger partial charge >= 0.3 is 11.8 Å². The van der Waals surface area contributed by atoms with E-state index in [1.165, 1.54) is 12.8 Å². The molecule has 2 N–H and O–H groups in total. The second-order valence-electron chi connectivity index (χ2n) is 6.55. The molecule has 2 amide bonds. The van der Waals surface area contributed by atoms with E-state index in [4.69, 9.17) is 0 Å². The minimum Gasteiger partial charge on any atom is -0.341 e. The van der Waals surface area contributed by atoms with Gasteiger partial charge in [0.1, 0.15) is 0 Å². The van der Waals surface area contributed by atoms with Crippen molar-refractivity contribution in [1.29, 1.82) is 0 Å². The SMILES string of the molecule is Cc1ccncc1NC(=O)C(=O)N[C@H](c1ccccc1)C1CCCC1. The highest BCUT2D eigenvalue weighted by Gasteiger charge is 2.29. The van der Waals surface area contributed by atoms with E-state index < -0.39 is 11.8 Å². The highest BCUT2D eigenvalue weighted by atomic mass is 16.2. The molecule has 5 heteroatoms. The van der Waals surface area contributed by atoms with Gasteiger partial charge in [0.15, 0.2) is 0 Å². The molecular formula is C20H23N3O2. The lowest BCUT2D eigenvalue weighted by atomic mass is 9.91. The van der Waals surface area contributed by atoms with Gasteiger partial charge in [0, 0.05) is 6.20 Å². The zero-order valence-corrected chi connectivity index (χ0v) is 14.4. The Morgan fingerprint density at radius 2 is 1.80 bits per heavy atom. The summed E-state index contributed by atoms with van der Waals surface area (Å²) in [7, 11) is 0. The van der Waals surface area contributed by atoms with E-state index >= 15 is 0 Å². The molecule has 0 spiro atoms. The first kappa shape index (κ1) is 17.1. The number of nitrogens with one attached hydrogen (secondary N) is 2. The molecule has 1 saturated carbocycles. The van der Waals surface area contributed by atoms with E-state index in [9.17, 15) is 9.59 Å². The number of carbonyl (C=O) groups is 2. The van der Waals surface area contributed by atoms with Gasteiger partial charge in [-0.3, -0.25) is 14.6 Å². The Kier molecular flexibility index (Phi) is 5.43. The van der Waals surface area contributed by atoms with Crippen LogP contribution in [-0.2, 0) is 9.59 Å². The van der Waals surface area contributed by atoms with Crippen molar-refractivity contribution in [2.24, 2.45) is 5.92 Å². The molecule has 0 aliphatic heterocycles. The molecule has 1 atom stereocenters. The Labute approximate surface area is 147 Å². The molecule has 0 unspecified atom stereocenters. The largest absolute Gasteiger partial charge is 0.341 e. The Morgan fingerprint density at radius 3 is 2.48 bits per heavy atom. The molecule has 5 nitrogen and oxygen atoms in total. The highest BCUT2D eigenvalue weighted by Crippen LogP contribution is 2.35. The van der Waals surface area contributed by atoms with Crippen LogP contribution in [0.15, 0.2) is 48.8 Å². The van der Waals surface area contributed by atoms with E-state index in [0.29, 0.717) is 11.6 Å². The van der Waals surface area contributed by atoms with E-state index in [1.54, 1.807) is 18.5 Å². The van der Waals surface area contributed by atoms with Gasteiger partial charge in [-0.15, -0.1) is 0 Å². The highest BCUT2D eigenvalue weighted by molar-refractivity contribution is 6.39. The van der Waals surface area contributed by atoms with Crippen LogP contribution in [0.4, 0.5) is 5.69 Å². The first-order valence-corrected chi connectivity index (χ1v) is 8.72. The van der Waals surface area contributed by atoms with Crippen LogP contribution in [0.1, 0.15) is 42.9 Å². The number of hydrogen-bond acceptors (Lipinski definition) is 3. The fraction of sp³-hybridized carbons (Fsp3) is 0.350. The second-order valence-corrected chi connectivity index (χ2v) is 6.55. The average Bonchev–Trinajstić information content (AvgIpc) is 3.16. The van der Waals surface area contributed by atoms with Crippen molar-refractivity contribution in [2.45, 2.75) is 38.6 Å². The number of anilines is 1. The van der Waals surface area contributed by atoms with Crippen LogP contribution >= 0.6 is 0 Å². The molecule has 25 heavy (non-hydrogen) atoms. The lowest BCUT2D eigenvalue weighted by Gasteiger charge is -2.25. The summed E-state index contributed by atoms with van der Waals surface area (Å²) in [6.45, 7) is 1.86. The number of rotatable bonds is 4. The van der Waals surface area contributed by atoms with E-state index in [1.807, 2.05) is 37.3 Å². The molecule has 0 saturated heterocycles. The van der Waals surface area contributed by atoms with Crippen LogP contribution in [0.3, 0.4) is 0 Å². The zero-order valence-electron chi connectivity index (χ0n) is 14.4. The molecule has 1 fully saturated rings. The van der Waals surface area contributed by atoms with Crippen molar-refractivity contribution in [3.8, 4) is 0 Å². The summed E-state index contributed by atoms with van der Waals surface area (Å²) in [5, 5.41) is 5.59. The maximum Gasteiger partial charge on any atom is 0.313 e. The minimum atomic E-state index is -0.657. The van der Waals surface area contributed by atoms with Crippen LogP contribution in [-0.4, -0.2) is 16.8 Å². The molecule has 1 aliphatic rings. The van der Waals surface area contributed by atoms with Crippen LogP contribution < -0.4 is 10.6 Å². The Hall–Kier alpha value is -2.69. The van der Waals surface area contributed by atoms with Gasteiger partial charge in [-0.1, -0.05) is 43.2 Å². The number of aryl methyl sites for hydroxylation is 1. The third kappa shape index (κ3) is 4.24. The number of amides is 2. The Morgan fingerprint density at radius 1 is 1.08 bits per heavy atom. The topological polar surface area (TPSA) is 71.1 Å². The molecule has 1 aliphatic carbocycles. The summed E-state index contributed by atoms with van der Waals surface area (Å²) in [6, 6.07) is 11.6. The summed E-state index contributed by atoms with van der Waals surface area (Å²) in [5.74, 6) is -0.890. The number of hydrogen-bond donors (Lipinski definition) is 2. The molecule has 130 valence electrons. The Balaban J connectivity index is 1.71. The van der Waals surface area contributed by atoms with Crippen LogP contribution in [0.5, 0.6) is 0 Å². The van der Waals surface area contributed by atoms with E-state index in [-0.39, 0.29) is 6.04 Å². The fourth-order valence-corrected chi connectivity index (χ4v) is 3.41. The van der Waals surface area contributed by atoms with Gasteiger partial charge < -0.3 is 10.6 Å². The third-order valence-corrected chi connectivity index (χ3v) is 4.81. The molecule has 0 bridgehead atoms. The van der Waals surface area contributed by atoms with Gasteiger partial charge in [-0.05, 0) is 42.9 Å². The molecule has 0 radical (unpaired) electrons. The first-order valence-electron chi connectivity index (χ1n) is 8.72. The summed E-state index contributed by atoms with van der Waals surface area (Å²) < 4.78 is 0. The normalized spacial score (nSPS) is 15.6. The lowest BCUT2D eigenvalue weighted by Crippen LogP contribution is -2.40. The molecule has 1 heterocycles. The monoisotopic (exact) mass is 337 g/mol. The van der Waals surface area contributed by atoms with Crippen molar-refractivity contribution in [1.82, 2.24) is 10.3 Å². The van der Waals surface area contributed by atoms with Crippen molar-refractivity contribution in [3.05, 3.63) is 59.9 Å². The standard InChI is InChI=1S/C20H23N3O2/c1-14-11-12-21-13-17(14)22-19(24)20(25)23-18(16-9-5-6-10-16)15-7-3-2-4-8-15/h2-4,7-8,11-13,16,18H,5-6,9-10H2,1H3,(H,22,24)(H,23,25)/t18-/m1/s1. The van der Waals surface area contributed by atoms with Crippen molar-refractivity contribution >= 4 is 17.5 Å². The first-order chi connectivity index (χ1) is 12.1. The summed E-state index contributed by atoms with van der Waals surface area (Å²) >= 11 is 0. The lowest BCUT2D eigenvalue weighted by molar-refractivity contribution is -0.136. The smallest absolute Gasteiger partial charge is 0.313 e. The predicted molar refractivity (Wildman–Crippen MR) is 96.9 cm³/mol.